The number of aliphatic carboxylic acids is 4. The van der Waals surface area contributed by atoms with Crippen LogP contribution in [0, 0.1) is 5.92 Å². The molecule has 1 unspecified atom stereocenters. The predicted molar refractivity (Wildman–Crippen MR) is 232 cm³/mol. The number of hydrogen-bond donors (Lipinski definition) is 10. The monoisotopic (exact) mass is 944 g/mol. The summed E-state index contributed by atoms with van der Waals surface area (Å²) in [5, 5.41) is 52.2. The summed E-state index contributed by atoms with van der Waals surface area (Å²) in [6.45, 7) is 1.01. The maximum atomic E-state index is 14.8. The first-order valence-electron chi connectivity index (χ1n) is 21.8. The lowest BCUT2D eigenvalue weighted by molar-refractivity contribution is -0.141. The fourth-order valence-electron chi connectivity index (χ4n) is 7.87. The van der Waals surface area contributed by atoms with Crippen LogP contribution in [0.3, 0.4) is 0 Å². The number of nitrogens with one attached hydrogen (secondary N) is 6. The van der Waals surface area contributed by atoms with Gasteiger partial charge in [0.15, 0.2) is 0 Å². The van der Waals surface area contributed by atoms with Crippen LogP contribution in [0.4, 0.5) is 8.78 Å². The zero-order chi connectivity index (χ0) is 49.6. The predicted octanol–water partition coefficient (Wildman–Crippen LogP) is 2.05. The van der Waals surface area contributed by atoms with E-state index >= 15 is 0 Å². The van der Waals surface area contributed by atoms with E-state index in [1.54, 1.807) is 60.7 Å². The highest BCUT2D eigenvalue weighted by Gasteiger charge is 2.38. The van der Waals surface area contributed by atoms with Crippen molar-refractivity contribution in [1.82, 2.24) is 31.9 Å². The van der Waals surface area contributed by atoms with Crippen LogP contribution in [0.1, 0.15) is 107 Å². The normalized spacial score (nSPS) is 15.4. The van der Waals surface area contributed by atoms with Crippen molar-refractivity contribution >= 4 is 59.3 Å². The van der Waals surface area contributed by atoms with Gasteiger partial charge in [-0.05, 0) is 36.3 Å². The lowest BCUT2D eigenvalue weighted by Crippen LogP contribution is -2.60. The Morgan fingerprint density at radius 1 is 0.537 bits per heavy atom. The van der Waals surface area contributed by atoms with E-state index in [1.165, 1.54) is 0 Å². The molecule has 0 spiro atoms. The molecule has 0 heterocycles. The van der Waals surface area contributed by atoms with Gasteiger partial charge in [-0.2, -0.15) is 0 Å². The van der Waals surface area contributed by atoms with Gasteiger partial charge in [0.1, 0.15) is 30.2 Å². The number of carbonyl (C=O) groups excluding carboxylic acids is 6. The van der Waals surface area contributed by atoms with Crippen molar-refractivity contribution in [2.75, 3.05) is 0 Å². The average molecular weight is 945 g/mol. The SMILES string of the molecule is CC(=O)N[C@@H](CC(=O)O)C(=O)N[C@@H](CCC(=O)O)C(=O)N[C@H](C(=O)N[C@@H](CCC(=O)O)C(=O)N[C@@H](CC1CCCCC1)C(=O)NC(CC(=O)O)CC(F)F)C(c1ccccc1)c1ccccc1. The van der Waals surface area contributed by atoms with E-state index in [-0.39, 0.29) is 12.3 Å². The summed E-state index contributed by atoms with van der Waals surface area (Å²) < 4.78 is 26.9. The number of hydrogen-bond acceptors (Lipinski definition) is 10. The molecule has 20 nitrogen and oxygen atoms in total. The molecule has 22 heteroatoms. The van der Waals surface area contributed by atoms with Crippen LogP contribution in [0.2, 0.25) is 0 Å². The van der Waals surface area contributed by atoms with E-state index in [1.807, 2.05) is 0 Å². The Morgan fingerprint density at radius 3 is 1.45 bits per heavy atom. The molecule has 366 valence electrons. The van der Waals surface area contributed by atoms with Crippen molar-refractivity contribution in [3.8, 4) is 0 Å². The number of halogens is 2. The van der Waals surface area contributed by atoms with Gasteiger partial charge in [0.05, 0.1) is 12.8 Å². The molecule has 3 rings (SSSR count). The lowest BCUT2D eigenvalue weighted by atomic mass is 9.84. The highest BCUT2D eigenvalue weighted by atomic mass is 19.3. The largest absolute Gasteiger partial charge is 0.481 e. The van der Waals surface area contributed by atoms with Gasteiger partial charge in [0, 0.05) is 38.1 Å². The molecular formula is C45H58F2N6O14. The molecule has 1 aliphatic carbocycles. The Morgan fingerprint density at radius 2 is 0.985 bits per heavy atom. The number of carboxylic acid groups (broad SMARTS) is 4. The zero-order valence-corrected chi connectivity index (χ0v) is 36.8. The fraction of sp³-hybridized carbons (Fsp3) is 0.511. The van der Waals surface area contributed by atoms with E-state index < -0.39 is 153 Å². The molecule has 1 saturated carbocycles. The number of amides is 6. The summed E-state index contributed by atoms with van der Waals surface area (Å²) in [6, 6.07) is 6.39. The maximum absolute atomic E-state index is 14.8. The molecule has 0 radical (unpaired) electrons. The summed E-state index contributed by atoms with van der Waals surface area (Å²) in [4.78, 5) is 129. The number of benzene rings is 2. The Kier molecular flexibility index (Phi) is 22.3. The molecular weight excluding hydrogens is 887 g/mol. The van der Waals surface area contributed by atoms with Gasteiger partial charge in [-0.1, -0.05) is 92.8 Å². The highest BCUT2D eigenvalue weighted by molar-refractivity contribution is 5.98. The standard InChI is InChI=1S/C45H58F2N6O14/c1-25(54)48-33(24-38(61)62)44(66)50-31(18-20-36(57)58)42(64)53-40(39(27-13-7-3-8-14-27)28-15-9-4-10-16-28)45(67)51-30(17-19-35(55)56)41(63)52-32(21-26-11-5-2-6-12-26)43(65)49-29(22-34(46)47)23-37(59)60/h3-4,7-10,13-16,26,29-34,39-40H,2,5-6,11-12,17-24H2,1H3,(H,48,54)(H,49,65)(H,50,66)(H,51,67)(H,52,63)(H,53,64)(H,55,56)(H,57,58)(H,59,60)(H,61,62)/t29?,30-,31-,32-,33-,40-/m0/s1. The van der Waals surface area contributed by atoms with Gasteiger partial charge in [0.2, 0.25) is 41.9 Å². The zero-order valence-electron chi connectivity index (χ0n) is 36.8. The Bertz CT molecular complexity index is 1980. The fourth-order valence-corrected chi connectivity index (χ4v) is 7.87. The molecule has 6 atom stereocenters. The number of carbonyl (C=O) groups is 10. The Labute approximate surface area is 384 Å². The Hall–Kier alpha value is -7.00. The molecule has 2 aromatic rings. The third-order valence-electron chi connectivity index (χ3n) is 11.0. The van der Waals surface area contributed by atoms with Gasteiger partial charge >= 0.3 is 23.9 Å². The molecule has 0 aliphatic heterocycles. The van der Waals surface area contributed by atoms with Crippen molar-refractivity contribution in [2.45, 2.75) is 139 Å². The van der Waals surface area contributed by atoms with E-state index in [9.17, 15) is 77.2 Å². The van der Waals surface area contributed by atoms with Crippen LogP contribution in [0.15, 0.2) is 60.7 Å². The molecule has 10 N–H and O–H groups in total. The van der Waals surface area contributed by atoms with E-state index in [2.05, 4.69) is 31.9 Å². The van der Waals surface area contributed by atoms with Crippen LogP contribution in [0.5, 0.6) is 0 Å². The second-order valence-electron chi connectivity index (χ2n) is 16.4. The minimum atomic E-state index is -2.99. The van der Waals surface area contributed by atoms with Crippen LogP contribution in [-0.2, 0) is 47.9 Å². The first-order valence-corrected chi connectivity index (χ1v) is 21.8. The summed E-state index contributed by atoms with van der Waals surface area (Å²) in [7, 11) is 0. The molecule has 0 saturated heterocycles. The van der Waals surface area contributed by atoms with Crippen molar-refractivity contribution in [1.29, 1.82) is 0 Å². The van der Waals surface area contributed by atoms with E-state index in [0.717, 1.165) is 26.2 Å². The van der Waals surface area contributed by atoms with Crippen molar-refractivity contribution in [3.05, 3.63) is 71.8 Å². The second-order valence-corrected chi connectivity index (χ2v) is 16.4. The van der Waals surface area contributed by atoms with Gasteiger partial charge in [-0.15, -0.1) is 0 Å². The quantitative estimate of drug-likeness (QED) is 0.0584. The topological polar surface area (TPSA) is 324 Å². The Balaban J connectivity index is 2.11. The molecule has 0 bridgehead atoms. The summed E-state index contributed by atoms with van der Waals surface area (Å²) in [5.41, 5.74) is 0.839. The third-order valence-corrected chi connectivity index (χ3v) is 11.0. The van der Waals surface area contributed by atoms with E-state index in [4.69, 9.17) is 0 Å². The third kappa shape index (κ3) is 19.6. The second kappa shape index (κ2) is 27.5. The summed E-state index contributed by atoms with van der Waals surface area (Å²) in [5.74, 6) is -13.3. The first kappa shape index (κ1) is 54.3. The smallest absolute Gasteiger partial charge is 0.305 e. The highest BCUT2D eigenvalue weighted by Crippen LogP contribution is 2.30. The summed E-state index contributed by atoms with van der Waals surface area (Å²) >= 11 is 0. The van der Waals surface area contributed by atoms with Crippen LogP contribution in [-0.4, -0.2) is 122 Å². The molecule has 2 aromatic carbocycles. The number of rotatable bonds is 28. The van der Waals surface area contributed by atoms with Crippen LogP contribution in [0.25, 0.3) is 0 Å². The first-order chi connectivity index (χ1) is 31.7. The average Bonchev–Trinajstić information content (AvgIpc) is 3.25. The van der Waals surface area contributed by atoms with Crippen molar-refractivity contribution in [2.24, 2.45) is 5.92 Å². The number of carboxylic acids is 4. The van der Waals surface area contributed by atoms with Gasteiger partial charge in [-0.3, -0.25) is 47.9 Å². The minimum Gasteiger partial charge on any atom is -0.481 e. The molecule has 1 fully saturated rings. The van der Waals surface area contributed by atoms with E-state index in [0.29, 0.717) is 24.0 Å². The molecule has 0 aromatic heterocycles. The molecule has 67 heavy (non-hydrogen) atoms. The maximum Gasteiger partial charge on any atom is 0.305 e. The molecule has 6 amide bonds. The van der Waals surface area contributed by atoms with Gasteiger partial charge < -0.3 is 52.3 Å². The summed E-state index contributed by atoms with van der Waals surface area (Å²) in [6.07, 6.45) is -4.56. The van der Waals surface area contributed by atoms with Gasteiger partial charge in [0.25, 0.3) is 0 Å². The molecule has 1 aliphatic rings. The van der Waals surface area contributed by atoms with Crippen LogP contribution >= 0.6 is 0 Å². The lowest BCUT2D eigenvalue weighted by Gasteiger charge is -2.32. The number of alkyl halides is 2. The van der Waals surface area contributed by atoms with Gasteiger partial charge in [-0.25, -0.2) is 8.78 Å². The van der Waals surface area contributed by atoms with Crippen molar-refractivity contribution in [3.63, 3.8) is 0 Å². The van der Waals surface area contributed by atoms with Crippen molar-refractivity contribution < 1.29 is 77.2 Å². The minimum absolute atomic E-state index is 0.00682. The van der Waals surface area contributed by atoms with Crippen LogP contribution < -0.4 is 31.9 Å².